The molecule has 0 bridgehead atoms. The maximum Gasteiger partial charge on any atom is 0.251 e. The van der Waals surface area contributed by atoms with Gasteiger partial charge in [0.1, 0.15) is 0 Å². The highest BCUT2D eigenvalue weighted by Gasteiger charge is 2.15. The number of carbonyl (C=O) groups is 1. The fourth-order valence-corrected chi connectivity index (χ4v) is 1.96. The largest absolute Gasteiger partial charge is 0.395 e. The zero-order valence-corrected chi connectivity index (χ0v) is 11.8. The van der Waals surface area contributed by atoms with Gasteiger partial charge in [0.05, 0.1) is 19.7 Å². The molecule has 20 heavy (non-hydrogen) atoms. The Kier molecular flexibility index (Phi) is 6.84. The van der Waals surface area contributed by atoms with Crippen LogP contribution in [0.5, 0.6) is 0 Å². The Bertz CT molecular complexity index is 458. The third-order valence-corrected chi connectivity index (χ3v) is 2.88. The first-order valence-corrected chi connectivity index (χ1v) is 6.47. The molecule has 0 heterocycles. The topological polar surface area (TPSA) is 52.6 Å². The minimum atomic E-state index is -2.55. The van der Waals surface area contributed by atoms with Crippen molar-refractivity contribution < 1.29 is 18.7 Å². The van der Waals surface area contributed by atoms with Crippen LogP contribution in [-0.2, 0) is 4.79 Å². The van der Waals surface area contributed by atoms with E-state index in [1.807, 2.05) is 0 Å². The molecule has 0 saturated heterocycles. The van der Waals surface area contributed by atoms with Crippen molar-refractivity contribution in [3.05, 3.63) is 28.8 Å². The van der Waals surface area contributed by atoms with E-state index in [0.29, 0.717) is 10.7 Å². The van der Waals surface area contributed by atoms with Crippen LogP contribution in [0.2, 0.25) is 5.02 Å². The van der Waals surface area contributed by atoms with Crippen LogP contribution in [-0.4, -0.2) is 48.6 Å². The molecule has 1 aromatic carbocycles. The number of amides is 1. The number of hydrogen-bond acceptors (Lipinski definition) is 3. The number of aliphatic hydroxyl groups is 1. The summed E-state index contributed by atoms with van der Waals surface area (Å²) < 4.78 is 24.6. The number of nitrogens with one attached hydrogen (secondary N) is 1. The van der Waals surface area contributed by atoms with Crippen molar-refractivity contribution in [3.8, 4) is 0 Å². The van der Waals surface area contributed by atoms with Crippen LogP contribution in [0.3, 0.4) is 0 Å². The zero-order chi connectivity index (χ0) is 15.1. The molecular formula is C13H17ClF2N2O2. The standard InChI is InChI=1S/C13H17ClF2N2O2/c1-9-6-10(14)2-3-11(9)17-13(20)8-18(4-5-19)7-12(15)16/h2-3,6,12,19H,4-5,7-8H2,1H3,(H,17,20). The summed E-state index contributed by atoms with van der Waals surface area (Å²) in [6.45, 7) is 0.782. The first-order chi connectivity index (χ1) is 9.42. The molecule has 0 aromatic heterocycles. The summed E-state index contributed by atoms with van der Waals surface area (Å²) in [4.78, 5) is 13.0. The van der Waals surface area contributed by atoms with Gasteiger partial charge in [0.15, 0.2) is 0 Å². The van der Waals surface area contributed by atoms with Gasteiger partial charge in [-0.25, -0.2) is 8.78 Å². The number of rotatable bonds is 7. The number of nitrogens with zero attached hydrogens (tertiary/aromatic N) is 1. The third-order valence-electron chi connectivity index (χ3n) is 2.64. The van der Waals surface area contributed by atoms with Crippen molar-refractivity contribution in [3.63, 3.8) is 0 Å². The number of halogens is 3. The Morgan fingerprint density at radius 1 is 1.50 bits per heavy atom. The summed E-state index contributed by atoms with van der Waals surface area (Å²) in [6.07, 6.45) is -2.55. The quantitative estimate of drug-likeness (QED) is 0.811. The third kappa shape index (κ3) is 5.81. The Labute approximate surface area is 121 Å². The molecule has 0 radical (unpaired) electrons. The lowest BCUT2D eigenvalue weighted by Gasteiger charge is -2.20. The molecule has 4 nitrogen and oxygen atoms in total. The van der Waals surface area contributed by atoms with Crippen LogP contribution in [0.4, 0.5) is 14.5 Å². The van der Waals surface area contributed by atoms with E-state index in [2.05, 4.69) is 5.32 Å². The number of anilines is 1. The normalized spacial score (nSPS) is 11.2. The van der Waals surface area contributed by atoms with E-state index in [1.54, 1.807) is 25.1 Å². The highest BCUT2D eigenvalue weighted by molar-refractivity contribution is 6.30. The summed E-state index contributed by atoms with van der Waals surface area (Å²) in [7, 11) is 0. The Morgan fingerprint density at radius 2 is 2.20 bits per heavy atom. The van der Waals surface area contributed by atoms with Crippen molar-refractivity contribution in [2.45, 2.75) is 13.3 Å². The van der Waals surface area contributed by atoms with E-state index in [0.717, 1.165) is 5.56 Å². The molecule has 0 spiro atoms. The second-order valence-corrected chi connectivity index (χ2v) is 4.79. The van der Waals surface area contributed by atoms with Gasteiger partial charge >= 0.3 is 0 Å². The highest BCUT2D eigenvalue weighted by Crippen LogP contribution is 2.19. The molecule has 0 atom stereocenters. The maximum atomic E-state index is 12.3. The predicted octanol–water partition coefficient (Wildman–Crippen LogP) is 2.15. The molecular weight excluding hydrogens is 290 g/mol. The van der Waals surface area contributed by atoms with Crippen molar-refractivity contribution >= 4 is 23.2 Å². The molecule has 0 unspecified atom stereocenters. The SMILES string of the molecule is Cc1cc(Cl)ccc1NC(=O)CN(CCO)CC(F)F. The van der Waals surface area contributed by atoms with E-state index in [4.69, 9.17) is 16.7 Å². The zero-order valence-electron chi connectivity index (χ0n) is 11.1. The lowest BCUT2D eigenvalue weighted by Crippen LogP contribution is -2.38. The van der Waals surface area contributed by atoms with E-state index in [-0.39, 0.29) is 19.7 Å². The van der Waals surface area contributed by atoms with Gasteiger partial charge in [-0.15, -0.1) is 0 Å². The van der Waals surface area contributed by atoms with Crippen molar-refractivity contribution in [1.82, 2.24) is 4.90 Å². The Hall–Kier alpha value is -1.24. The second kappa shape index (κ2) is 8.14. The molecule has 0 fully saturated rings. The molecule has 7 heteroatoms. The molecule has 1 amide bonds. The molecule has 1 rings (SSSR count). The maximum absolute atomic E-state index is 12.3. The van der Waals surface area contributed by atoms with E-state index in [9.17, 15) is 13.6 Å². The van der Waals surface area contributed by atoms with Crippen LogP contribution in [0, 0.1) is 6.92 Å². The number of alkyl halides is 2. The number of benzene rings is 1. The van der Waals surface area contributed by atoms with Gasteiger partial charge in [-0.1, -0.05) is 11.6 Å². The summed E-state index contributed by atoms with van der Waals surface area (Å²) in [5, 5.41) is 12.0. The number of aliphatic hydroxyl groups excluding tert-OH is 1. The Morgan fingerprint density at radius 3 is 2.75 bits per heavy atom. The van der Waals surface area contributed by atoms with Crippen molar-refractivity contribution in [1.29, 1.82) is 0 Å². The molecule has 2 N–H and O–H groups in total. The number of hydrogen-bond donors (Lipinski definition) is 2. The predicted molar refractivity (Wildman–Crippen MR) is 74.3 cm³/mol. The molecule has 0 aliphatic rings. The van der Waals surface area contributed by atoms with E-state index < -0.39 is 18.9 Å². The Balaban J connectivity index is 2.60. The highest BCUT2D eigenvalue weighted by atomic mass is 35.5. The van der Waals surface area contributed by atoms with Crippen molar-refractivity contribution in [2.75, 3.05) is 31.6 Å². The number of aryl methyl sites for hydroxylation is 1. The fraction of sp³-hybridized carbons (Fsp3) is 0.462. The molecule has 0 aliphatic carbocycles. The van der Waals surface area contributed by atoms with Crippen molar-refractivity contribution in [2.24, 2.45) is 0 Å². The van der Waals surface area contributed by atoms with E-state index in [1.165, 1.54) is 4.90 Å². The van der Waals surface area contributed by atoms with Gasteiger partial charge in [-0.05, 0) is 30.7 Å². The van der Waals surface area contributed by atoms with Gasteiger partial charge in [0, 0.05) is 17.3 Å². The average Bonchev–Trinajstić information content (AvgIpc) is 2.32. The smallest absolute Gasteiger partial charge is 0.251 e. The van der Waals surface area contributed by atoms with Gasteiger partial charge in [0.25, 0.3) is 6.43 Å². The lowest BCUT2D eigenvalue weighted by atomic mass is 10.2. The molecule has 0 aliphatic heterocycles. The summed E-state index contributed by atoms with van der Waals surface area (Å²) in [5.41, 5.74) is 1.37. The average molecular weight is 307 g/mol. The van der Waals surface area contributed by atoms with E-state index >= 15 is 0 Å². The van der Waals surface area contributed by atoms with Crippen LogP contribution in [0.1, 0.15) is 5.56 Å². The second-order valence-electron chi connectivity index (χ2n) is 4.36. The summed E-state index contributed by atoms with van der Waals surface area (Å²) in [6, 6.07) is 4.98. The monoisotopic (exact) mass is 306 g/mol. The van der Waals surface area contributed by atoms with Crippen LogP contribution < -0.4 is 5.32 Å². The first kappa shape index (κ1) is 16.8. The van der Waals surface area contributed by atoms with Crippen LogP contribution in [0.15, 0.2) is 18.2 Å². The lowest BCUT2D eigenvalue weighted by molar-refractivity contribution is -0.117. The van der Waals surface area contributed by atoms with Gasteiger partial charge < -0.3 is 10.4 Å². The van der Waals surface area contributed by atoms with Gasteiger partial charge in [0.2, 0.25) is 5.91 Å². The molecule has 0 saturated carbocycles. The van der Waals surface area contributed by atoms with Crippen LogP contribution in [0.25, 0.3) is 0 Å². The van der Waals surface area contributed by atoms with Gasteiger partial charge in [-0.3, -0.25) is 9.69 Å². The molecule has 112 valence electrons. The minimum Gasteiger partial charge on any atom is -0.395 e. The van der Waals surface area contributed by atoms with Crippen LogP contribution >= 0.6 is 11.6 Å². The van der Waals surface area contributed by atoms with Gasteiger partial charge in [-0.2, -0.15) is 0 Å². The molecule has 1 aromatic rings. The summed E-state index contributed by atoms with van der Waals surface area (Å²) >= 11 is 5.80. The first-order valence-electron chi connectivity index (χ1n) is 6.09. The minimum absolute atomic E-state index is 0.0252. The fourth-order valence-electron chi connectivity index (χ4n) is 1.73. The summed E-state index contributed by atoms with van der Waals surface area (Å²) in [5.74, 6) is -0.412. The number of carbonyl (C=O) groups excluding carboxylic acids is 1.